The number of amides is 2. The van der Waals surface area contributed by atoms with Gasteiger partial charge in [-0.25, -0.2) is 39.1 Å². The van der Waals surface area contributed by atoms with E-state index in [9.17, 15) is 44.0 Å². The minimum Gasteiger partial charge on any atom is -0.324 e. The third-order valence-corrected chi connectivity index (χ3v) is 13.2. The molecule has 0 fully saturated rings. The Balaban J connectivity index is 0.000000182. The van der Waals surface area contributed by atoms with Crippen LogP contribution in [0.4, 0.5) is 28.9 Å². The summed E-state index contributed by atoms with van der Waals surface area (Å²) in [7, 11) is -2.10. The molecule has 2 aliphatic rings. The molecule has 0 radical (unpaired) electrons. The number of hydrogen-bond acceptors (Lipinski definition) is 7. The number of benzene rings is 6. The van der Waals surface area contributed by atoms with E-state index in [1.807, 2.05) is 6.07 Å². The van der Waals surface area contributed by atoms with Crippen LogP contribution in [-0.4, -0.2) is 28.6 Å². The lowest BCUT2D eigenvalue weighted by Crippen LogP contribution is -2.29. The molecule has 340 valence electrons. The van der Waals surface area contributed by atoms with Crippen molar-refractivity contribution in [2.24, 2.45) is 5.73 Å². The molecule has 0 saturated carbocycles. The Kier molecular flexibility index (Phi) is 16.1. The molecule has 19 heteroatoms. The van der Waals surface area contributed by atoms with Crippen LogP contribution in [0.5, 0.6) is 0 Å². The fourth-order valence-electron chi connectivity index (χ4n) is 7.38. The molecule has 65 heavy (non-hydrogen) atoms. The van der Waals surface area contributed by atoms with Crippen LogP contribution >= 0.6 is 33.9 Å². The number of carbonyl (C=O) groups is 2. The van der Waals surface area contributed by atoms with Gasteiger partial charge in [0.25, 0.3) is 11.8 Å². The van der Waals surface area contributed by atoms with Crippen molar-refractivity contribution in [3.63, 3.8) is 0 Å². The van der Waals surface area contributed by atoms with Crippen molar-refractivity contribution in [1.82, 2.24) is 4.72 Å². The molecule has 2 atom stereocenters. The van der Waals surface area contributed by atoms with Gasteiger partial charge in [0.05, 0.1) is 27.6 Å². The Morgan fingerprint density at radius 1 is 0.585 bits per heavy atom. The van der Waals surface area contributed by atoms with E-state index in [0.717, 1.165) is 12.1 Å². The van der Waals surface area contributed by atoms with Crippen LogP contribution in [0.2, 0.25) is 10.0 Å². The highest BCUT2D eigenvalue weighted by Crippen LogP contribution is 2.37. The number of hydrogen-bond donors (Lipinski definition) is 4. The molecule has 0 spiro atoms. The molecule has 5 N–H and O–H groups in total. The number of rotatable bonds is 10. The zero-order chi connectivity index (χ0) is 47.1. The number of fused-ring (bicyclic) bond motifs is 2. The van der Waals surface area contributed by atoms with Gasteiger partial charge in [-0.3, -0.25) is 9.59 Å². The summed E-state index contributed by atoms with van der Waals surface area (Å²) in [5, 5.41) is 5.04. The Labute approximate surface area is 387 Å². The summed E-state index contributed by atoms with van der Waals surface area (Å²) in [6.07, 6.45) is 1.82. The molecule has 10 nitrogen and oxygen atoms in total. The third-order valence-electron chi connectivity index (χ3n) is 10.3. The van der Waals surface area contributed by atoms with Crippen molar-refractivity contribution in [3.05, 3.63) is 199 Å². The normalized spacial score (nSPS) is 15.1. The van der Waals surface area contributed by atoms with Gasteiger partial charge >= 0.3 is 0 Å². The first-order valence-corrected chi connectivity index (χ1v) is 24.6. The SMILES string of the molecule is N[C@H]1CCc2c(C(=O)Nc3ccc(F)c(Cl)c3)ccc(F)c21.O=C(Nc1ccc(F)c(Cl)c1)c1ccc(F)c2c1CC[C@@H]2NS(=O)(=O)Cc1ccccc1.O=S(=O)(Cl)Cc1ccccc1. The van der Waals surface area contributed by atoms with Crippen LogP contribution in [0, 0.1) is 23.3 Å². The highest BCUT2D eigenvalue weighted by atomic mass is 35.7. The number of anilines is 2. The zero-order valence-electron chi connectivity index (χ0n) is 33.9. The van der Waals surface area contributed by atoms with Gasteiger partial charge in [-0.05, 0) is 109 Å². The number of halogens is 7. The maximum Gasteiger partial charge on any atom is 0.255 e. The van der Waals surface area contributed by atoms with Crippen LogP contribution in [0.3, 0.4) is 0 Å². The number of sulfonamides is 1. The van der Waals surface area contributed by atoms with Crippen molar-refractivity contribution in [2.45, 2.75) is 49.3 Å². The monoisotopic (exact) mass is 988 g/mol. The molecule has 2 amide bonds. The third kappa shape index (κ3) is 13.2. The summed E-state index contributed by atoms with van der Waals surface area (Å²) in [5.74, 6) is -3.38. The van der Waals surface area contributed by atoms with Crippen molar-refractivity contribution >= 4 is 76.1 Å². The molecular formula is C46H39Cl3F4N4O6S2. The summed E-state index contributed by atoms with van der Waals surface area (Å²) in [6.45, 7) is 0. The molecule has 0 bridgehead atoms. The average Bonchev–Trinajstić information content (AvgIpc) is 3.85. The molecule has 0 unspecified atom stereocenters. The fraction of sp³-hybridized carbons (Fsp3) is 0.174. The Morgan fingerprint density at radius 2 is 1.02 bits per heavy atom. The van der Waals surface area contributed by atoms with E-state index in [2.05, 4.69) is 15.4 Å². The Bertz CT molecular complexity index is 2960. The number of nitrogens with two attached hydrogens (primary N) is 1. The second-order valence-corrected chi connectivity index (χ2v) is 20.3. The molecular weight excluding hydrogens is 951 g/mol. The largest absolute Gasteiger partial charge is 0.324 e. The van der Waals surface area contributed by atoms with Crippen LogP contribution in [-0.2, 0) is 43.4 Å². The summed E-state index contributed by atoms with van der Waals surface area (Å²) in [4.78, 5) is 25.2. The first-order chi connectivity index (χ1) is 30.8. The van der Waals surface area contributed by atoms with Gasteiger partial charge in [-0.1, -0.05) is 83.9 Å². The minimum atomic E-state index is -3.74. The topological polar surface area (TPSA) is 165 Å². The van der Waals surface area contributed by atoms with Gasteiger partial charge in [0.2, 0.25) is 19.1 Å². The quantitative estimate of drug-likeness (QED) is 0.0784. The summed E-state index contributed by atoms with van der Waals surface area (Å²) in [5.41, 5.74) is 10.1. The molecule has 2 aliphatic carbocycles. The van der Waals surface area contributed by atoms with Gasteiger partial charge in [0.15, 0.2) is 0 Å². The van der Waals surface area contributed by atoms with E-state index in [4.69, 9.17) is 39.6 Å². The Morgan fingerprint density at radius 3 is 1.49 bits per heavy atom. The maximum atomic E-state index is 14.7. The molecule has 6 aromatic carbocycles. The maximum absolute atomic E-state index is 14.7. The average molecular weight is 990 g/mol. The van der Waals surface area contributed by atoms with E-state index in [0.29, 0.717) is 64.8 Å². The fourth-order valence-corrected chi connectivity index (χ4v) is 10.1. The number of carbonyl (C=O) groups excluding carboxylic acids is 2. The lowest BCUT2D eigenvalue weighted by Gasteiger charge is -2.16. The Hall–Kier alpha value is -5.33. The second kappa shape index (κ2) is 21.3. The lowest BCUT2D eigenvalue weighted by molar-refractivity contribution is 0.101. The van der Waals surface area contributed by atoms with E-state index >= 15 is 0 Å². The van der Waals surface area contributed by atoms with Crippen LogP contribution in [0.25, 0.3) is 0 Å². The van der Waals surface area contributed by atoms with E-state index in [1.54, 1.807) is 54.6 Å². The van der Waals surface area contributed by atoms with Gasteiger partial charge in [0, 0.05) is 50.4 Å². The van der Waals surface area contributed by atoms with E-state index in [1.165, 1.54) is 48.5 Å². The van der Waals surface area contributed by atoms with Crippen molar-refractivity contribution in [1.29, 1.82) is 0 Å². The summed E-state index contributed by atoms with van der Waals surface area (Å²) >= 11 is 11.4. The van der Waals surface area contributed by atoms with Gasteiger partial charge in [0.1, 0.15) is 23.3 Å². The van der Waals surface area contributed by atoms with Crippen molar-refractivity contribution < 1.29 is 44.0 Å². The van der Waals surface area contributed by atoms with Crippen molar-refractivity contribution in [3.8, 4) is 0 Å². The molecule has 0 aromatic heterocycles. The summed E-state index contributed by atoms with van der Waals surface area (Å²) in [6, 6.07) is 29.2. The van der Waals surface area contributed by atoms with Crippen LogP contribution in [0.15, 0.2) is 121 Å². The van der Waals surface area contributed by atoms with Crippen molar-refractivity contribution in [2.75, 3.05) is 10.6 Å². The first kappa shape index (κ1) is 49.1. The van der Waals surface area contributed by atoms with E-state index in [-0.39, 0.29) is 50.2 Å². The molecule has 0 heterocycles. The predicted octanol–water partition coefficient (Wildman–Crippen LogP) is 10.5. The van der Waals surface area contributed by atoms with Crippen LogP contribution in [0.1, 0.15) is 79.0 Å². The lowest BCUT2D eigenvalue weighted by atomic mass is 10.0. The second-order valence-electron chi connectivity index (χ2n) is 14.9. The standard InChI is InChI=1S/C23H19ClF2N2O3S.C16H13ClF2N2O.C7H7ClO2S/c24-18-12-15(6-9-19(18)25)27-23(29)17-7-10-20(26)22-16(17)8-11-21(22)28-32(30,31)13-14-4-2-1-3-5-14;17-11-7-8(1-4-12(11)18)21-16(22)10-2-5-13(19)15-9(10)3-6-14(15)20;8-11(9,10)6-7-4-2-1-3-5-7/h1-7,9-10,12,21,28H,8,11,13H2,(H,27,29);1-2,4-5,7,14H,3,6,20H2,(H,21,22);1-5H,6H2/t21-;14-;/m00./s1. The molecule has 8 rings (SSSR count). The van der Waals surface area contributed by atoms with Gasteiger partial charge in [-0.15, -0.1) is 0 Å². The highest BCUT2D eigenvalue weighted by molar-refractivity contribution is 8.13. The smallest absolute Gasteiger partial charge is 0.255 e. The summed E-state index contributed by atoms with van der Waals surface area (Å²) < 4.78 is 104. The van der Waals surface area contributed by atoms with Gasteiger partial charge < -0.3 is 16.4 Å². The van der Waals surface area contributed by atoms with E-state index < -0.39 is 54.4 Å². The zero-order valence-corrected chi connectivity index (χ0v) is 37.8. The highest BCUT2D eigenvalue weighted by Gasteiger charge is 2.33. The van der Waals surface area contributed by atoms with Crippen LogP contribution < -0.4 is 21.1 Å². The molecule has 0 saturated heterocycles. The van der Waals surface area contributed by atoms with Gasteiger partial charge in [-0.2, -0.15) is 0 Å². The number of nitrogens with one attached hydrogen (secondary N) is 3. The predicted molar refractivity (Wildman–Crippen MR) is 245 cm³/mol. The molecule has 6 aromatic rings. The first-order valence-electron chi connectivity index (χ1n) is 19.7. The minimum absolute atomic E-state index is 0.0795. The molecule has 0 aliphatic heterocycles.